The van der Waals surface area contributed by atoms with Crippen LogP contribution >= 0.6 is 0 Å². The van der Waals surface area contributed by atoms with Crippen LogP contribution in [0.3, 0.4) is 0 Å². The lowest BCUT2D eigenvalue weighted by Gasteiger charge is -2.27. The minimum atomic E-state index is -0.553. The summed E-state index contributed by atoms with van der Waals surface area (Å²) in [4.78, 5) is 32.9. The molecule has 1 unspecified atom stereocenters. The van der Waals surface area contributed by atoms with Crippen LogP contribution in [0, 0.1) is 19.7 Å². The van der Waals surface area contributed by atoms with Gasteiger partial charge in [0.25, 0.3) is 11.5 Å². The number of halogens is 1. The summed E-state index contributed by atoms with van der Waals surface area (Å²) in [7, 11) is 1.63. The Balaban J connectivity index is 1.92. The second-order valence-electron chi connectivity index (χ2n) is 8.02. The number of benzene rings is 3. The average Bonchev–Trinajstić information content (AvgIpc) is 2.79. The van der Waals surface area contributed by atoms with Crippen LogP contribution in [0.25, 0.3) is 16.6 Å². The van der Waals surface area contributed by atoms with E-state index in [0.717, 1.165) is 16.8 Å². The lowest BCUT2D eigenvalue weighted by Crippen LogP contribution is -2.35. The monoisotopic (exact) mass is 429 g/mol. The van der Waals surface area contributed by atoms with Crippen molar-refractivity contribution in [1.29, 1.82) is 0 Å². The third kappa shape index (κ3) is 3.80. The highest BCUT2D eigenvalue weighted by Crippen LogP contribution is 2.25. The van der Waals surface area contributed by atoms with E-state index in [1.54, 1.807) is 29.8 Å². The van der Waals surface area contributed by atoms with Crippen molar-refractivity contribution in [2.24, 2.45) is 0 Å². The molecule has 3 aromatic carbocycles. The molecule has 5 nitrogen and oxygen atoms in total. The van der Waals surface area contributed by atoms with Gasteiger partial charge in [-0.25, -0.2) is 9.37 Å². The van der Waals surface area contributed by atoms with Crippen molar-refractivity contribution >= 4 is 16.8 Å². The maximum absolute atomic E-state index is 13.7. The summed E-state index contributed by atoms with van der Waals surface area (Å²) in [6, 6.07) is 18.1. The number of aromatic nitrogens is 2. The fourth-order valence-corrected chi connectivity index (χ4v) is 3.80. The lowest BCUT2D eigenvalue weighted by molar-refractivity contribution is 0.0734. The summed E-state index contributed by atoms with van der Waals surface area (Å²) >= 11 is 0. The Labute approximate surface area is 185 Å². The molecule has 0 aliphatic carbocycles. The molecule has 0 radical (unpaired) electrons. The first-order valence-corrected chi connectivity index (χ1v) is 10.4. The number of carbonyl (C=O) groups is 1. The van der Waals surface area contributed by atoms with Gasteiger partial charge in [0.15, 0.2) is 0 Å². The van der Waals surface area contributed by atoms with Gasteiger partial charge in [-0.2, -0.15) is 0 Å². The number of amides is 1. The molecule has 1 heterocycles. The van der Waals surface area contributed by atoms with Gasteiger partial charge in [0.2, 0.25) is 0 Å². The van der Waals surface area contributed by atoms with E-state index in [4.69, 9.17) is 4.98 Å². The van der Waals surface area contributed by atoms with Gasteiger partial charge in [-0.3, -0.25) is 14.2 Å². The van der Waals surface area contributed by atoms with Crippen molar-refractivity contribution in [3.05, 3.63) is 105 Å². The topological polar surface area (TPSA) is 55.2 Å². The van der Waals surface area contributed by atoms with E-state index in [2.05, 4.69) is 0 Å². The predicted molar refractivity (Wildman–Crippen MR) is 124 cm³/mol. The van der Waals surface area contributed by atoms with Crippen LogP contribution in [0.1, 0.15) is 40.3 Å². The van der Waals surface area contributed by atoms with Crippen LogP contribution in [-0.4, -0.2) is 27.4 Å². The zero-order chi connectivity index (χ0) is 23.0. The van der Waals surface area contributed by atoms with Gasteiger partial charge in [0, 0.05) is 12.6 Å². The van der Waals surface area contributed by atoms with E-state index in [-0.39, 0.29) is 17.0 Å². The molecular formula is C26H24FN3O2. The van der Waals surface area contributed by atoms with Crippen molar-refractivity contribution in [3.63, 3.8) is 0 Å². The second-order valence-corrected chi connectivity index (χ2v) is 8.02. The van der Waals surface area contributed by atoms with E-state index >= 15 is 0 Å². The quantitative estimate of drug-likeness (QED) is 0.460. The summed E-state index contributed by atoms with van der Waals surface area (Å²) in [5, 5.41) is 0.503. The number of nitrogens with zero attached hydrogens (tertiary/aromatic N) is 3. The maximum atomic E-state index is 13.7. The van der Waals surface area contributed by atoms with E-state index in [1.165, 1.54) is 23.1 Å². The molecule has 0 bridgehead atoms. The average molecular weight is 429 g/mol. The van der Waals surface area contributed by atoms with Crippen molar-refractivity contribution in [3.8, 4) is 5.69 Å². The van der Waals surface area contributed by atoms with E-state index in [1.807, 2.05) is 51.1 Å². The zero-order valence-electron chi connectivity index (χ0n) is 18.5. The molecule has 1 amide bonds. The van der Waals surface area contributed by atoms with Crippen LogP contribution in [0.4, 0.5) is 4.39 Å². The molecular weight excluding hydrogens is 405 g/mol. The number of aryl methyl sites for hydroxylation is 2. The number of fused-ring (bicyclic) bond motifs is 1. The Bertz CT molecular complexity index is 1390. The van der Waals surface area contributed by atoms with E-state index in [9.17, 15) is 14.0 Å². The van der Waals surface area contributed by atoms with E-state index < -0.39 is 11.9 Å². The molecule has 0 aliphatic rings. The molecule has 0 saturated carbocycles. The lowest BCUT2D eigenvalue weighted by atomic mass is 10.1. The molecule has 32 heavy (non-hydrogen) atoms. The van der Waals surface area contributed by atoms with Crippen LogP contribution in [0.5, 0.6) is 0 Å². The summed E-state index contributed by atoms with van der Waals surface area (Å²) in [6.45, 7) is 5.72. The minimum absolute atomic E-state index is 0.197. The Kier molecular flexibility index (Phi) is 5.61. The fraction of sp³-hybridized carbons (Fsp3) is 0.192. The number of para-hydroxylation sites is 1. The molecule has 0 saturated heterocycles. The van der Waals surface area contributed by atoms with Gasteiger partial charge in [-0.05, 0) is 68.3 Å². The van der Waals surface area contributed by atoms with Crippen LogP contribution in [0.2, 0.25) is 0 Å². The summed E-state index contributed by atoms with van der Waals surface area (Å²) in [5.41, 5.74) is 3.25. The van der Waals surface area contributed by atoms with Gasteiger partial charge >= 0.3 is 0 Å². The number of hydrogen-bond donors (Lipinski definition) is 0. The fourth-order valence-electron chi connectivity index (χ4n) is 3.80. The van der Waals surface area contributed by atoms with Crippen LogP contribution < -0.4 is 5.56 Å². The molecule has 4 aromatic rings. The Hall–Kier alpha value is -3.80. The first-order chi connectivity index (χ1) is 15.3. The Morgan fingerprint density at radius 2 is 1.78 bits per heavy atom. The molecule has 0 aliphatic heterocycles. The van der Waals surface area contributed by atoms with Crippen molar-refractivity contribution < 1.29 is 9.18 Å². The highest BCUT2D eigenvalue weighted by Gasteiger charge is 2.25. The number of hydrogen-bond acceptors (Lipinski definition) is 3. The third-order valence-corrected chi connectivity index (χ3v) is 5.75. The second kappa shape index (κ2) is 8.38. The Morgan fingerprint density at radius 1 is 1.03 bits per heavy atom. The SMILES string of the molecule is Cc1ccc(C)c(-n2c(C(C)N(C)C(=O)c3cccc(F)c3)nc3ccccc3c2=O)c1. The smallest absolute Gasteiger partial charge is 0.266 e. The molecule has 0 N–H and O–H groups in total. The number of carbonyl (C=O) groups excluding carboxylic acids is 1. The maximum Gasteiger partial charge on any atom is 0.266 e. The van der Waals surface area contributed by atoms with Gasteiger partial charge in [-0.15, -0.1) is 0 Å². The van der Waals surface area contributed by atoms with Crippen LogP contribution in [-0.2, 0) is 0 Å². The summed E-state index contributed by atoms with van der Waals surface area (Å²) in [6.07, 6.45) is 0. The summed E-state index contributed by atoms with van der Waals surface area (Å²) in [5.74, 6) is -0.394. The molecule has 162 valence electrons. The molecule has 1 atom stereocenters. The van der Waals surface area contributed by atoms with E-state index in [0.29, 0.717) is 16.7 Å². The Morgan fingerprint density at radius 3 is 2.53 bits per heavy atom. The van der Waals surface area contributed by atoms with Crippen molar-refractivity contribution in [2.45, 2.75) is 26.8 Å². The zero-order valence-corrected chi connectivity index (χ0v) is 18.5. The molecule has 0 spiro atoms. The van der Waals surface area contributed by atoms with Gasteiger partial charge in [-0.1, -0.05) is 30.3 Å². The van der Waals surface area contributed by atoms with Gasteiger partial charge in [0.05, 0.1) is 22.6 Å². The molecule has 4 rings (SSSR count). The standard InChI is InChI=1S/C26H24FN3O2/c1-16-12-13-17(2)23(14-16)30-24(28-22-11-6-5-10-21(22)26(30)32)18(3)29(4)25(31)19-8-7-9-20(27)15-19/h5-15,18H,1-4H3. The van der Waals surface area contributed by atoms with Crippen molar-refractivity contribution in [1.82, 2.24) is 14.5 Å². The summed E-state index contributed by atoms with van der Waals surface area (Å²) < 4.78 is 15.3. The first-order valence-electron chi connectivity index (χ1n) is 10.4. The third-order valence-electron chi connectivity index (χ3n) is 5.75. The van der Waals surface area contributed by atoms with Crippen molar-refractivity contribution in [2.75, 3.05) is 7.05 Å². The highest BCUT2D eigenvalue weighted by molar-refractivity contribution is 5.94. The molecule has 6 heteroatoms. The molecule has 0 fully saturated rings. The normalized spacial score (nSPS) is 12.0. The number of rotatable bonds is 4. The molecule has 1 aromatic heterocycles. The van der Waals surface area contributed by atoms with Crippen LogP contribution in [0.15, 0.2) is 71.5 Å². The minimum Gasteiger partial charge on any atom is -0.332 e. The van der Waals surface area contributed by atoms with Gasteiger partial charge in [0.1, 0.15) is 11.6 Å². The first kappa shape index (κ1) is 21.4. The highest BCUT2D eigenvalue weighted by atomic mass is 19.1. The largest absolute Gasteiger partial charge is 0.332 e. The van der Waals surface area contributed by atoms with Gasteiger partial charge < -0.3 is 4.90 Å². The predicted octanol–water partition coefficient (Wildman–Crippen LogP) is 4.97.